The first-order chi connectivity index (χ1) is 18.1. The molecule has 0 atom stereocenters. The number of hydrogen-bond acceptors (Lipinski definition) is 3. The molecule has 0 saturated heterocycles. The van der Waals surface area contributed by atoms with Crippen LogP contribution in [0, 0.1) is 5.41 Å². The molecule has 4 heteroatoms. The Kier molecular flexibility index (Phi) is 9.63. The van der Waals surface area contributed by atoms with Gasteiger partial charge in [-0.1, -0.05) is 147 Å². The van der Waals surface area contributed by atoms with E-state index >= 15 is 0 Å². The lowest BCUT2D eigenvalue weighted by atomic mass is 9.96. The zero-order valence-electron chi connectivity index (χ0n) is 21.8. The van der Waals surface area contributed by atoms with Gasteiger partial charge in [0.15, 0.2) is 0 Å². The van der Waals surface area contributed by atoms with Crippen molar-refractivity contribution in [3.63, 3.8) is 0 Å². The smallest absolute Gasteiger partial charge is 0.387 e. The van der Waals surface area contributed by atoms with Gasteiger partial charge in [0.2, 0.25) is 0 Å². The van der Waals surface area contributed by atoms with Crippen LogP contribution in [-0.4, -0.2) is 28.4 Å². The average Bonchev–Trinajstić information content (AvgIpc) is 2.95. The van der Waals surface area contributed by atoms with E-state index in [1.807, 2.05) is 48.5 Å². The molecule has 190 valence electrons. The topological polar surface area (TPSA) is 27.7 Å². The van der Waals surface area contributed by atoms with E-state index in [2.05, 4.69) is 98.8 Å². The van der Waals surface area contributed by atoms with E-state index in [0.29, 0.717) is 26.4 Å². The Morgan fingerprint density at radius 2 is 1.14 bits per heavy atom. The quantitative estimate of drug-likeness (QED) is 0.200. The number of benzene rings is 4. The highest BCUT2D eigenvalue weighted by Gasteiger charge is 2.43. The number of rotatable bonds is 13. The predicted molar refractivity (Wildman–Crippen MR) is 155 cm³/mol. The molecule has 0 N–H and O–H groups in total. The molecule has 3 nitrogen and oxygen atoms in total. The predicted octanol–water partition coefficient (Wildman–Crippen LogP) is 6.23. The van der Waals surface area contributed by atoms with Crippen molar-refractivity contribution in [3.8, 4) is 0 Å². The normalized spacial score (nSPS) is 12.2. The molecule has 0 aliphatic carbocycles. The highest BCUT2D eigenvalue weighted by atomic mass is 28.4. The van der Waals surface area contributed by atoms with Crippen LogP contribution >= 0.6 is 0 Å². The SMILES string of the molecule is CC(C)(COCc1ccccc1)CO[Si](OC/C=C/c1ccccc1)(c1ccccc1)c1ccccc1. The zero-order chi connectivity index (χ0) is 25.8. The summed E-state index contributed by atoms with van der Waals surface area (Å²) in [6.45, 7) is 6.51. The summed E-state index contributed by atoms with van der Waals surface area (Å²) in [5, 5.41) is 2.19. The molecule has 0 bridgehead atoms. The van der Waals surface area contributed by atoms with Crippen molar-refractivity contribution in [2.24, 2.45) is 5.41 Å². The van der Waals surface area contributed by atoms with E-state index in [1.165, 1.54) is 5.56 Å². The van der Waals surface area contributed by atoms with Crippen molar-refractivity contribution < 1.29 is 13.6 Å². The number of ether oxygens (including phenoxy) is 1. The molecule has 0 saturated carbocycles. The van der Waals surface area contributed by atoms with Gasteiger partial charge in [-0.3, -0.25) is 0 Å². The molecule has 0 heterocycles. The van der Waals surface area contributed by atoms with Gasteiger partial charge in [0.25, 0.3) is 0 Å². The fraction of sp³-hybridized carbons (Fsp3) is 0.212. The summed E-state index contributed by atoms with van der Waals surface area (Å²) in [5.41, 5.74) is 2.13. The molecule has 0 aliphatic rings. The molecular formula is C33H36O3Si. The van der Waals surface area contributed by atoms with Crippen LogP contribution in [0.1, 0.15) is 25.0 Å². The van der Waals surface area contributed by atoms with Gasteiger partial charge in [0.1, 0.15) is 0 Å². The minimum absolute atomic E-state index is 0.195. The van der Waals surface area contributed by atoms with Crippen molar-refractivity contribution in [2.75, 3.05) is 19.8 Å². The van der Waals surface area contributed by atoms with Crippen LogP contribution in [-0.2, 0) is 20.2 Å². The monoisotopic (exact) mass is 508 g/mol. The Labute approximate surface area is 222 Å². The van der Waals surface area contributed by atoms with E-state index in [9.17, 15) is 0 Å². The molecular weight excluding hydrogens is 472 g/mol. The summed E-state index contributed by atoms with van der Waals surface area (Å²) in [6.07, 6.45) is 4.16. The maximum atomic E-state index is 6.92. The van der Waals surface area contributed by atoms with Gasteiger partial charge >= 0.3 is 8.56 Å². The number of hydrogen-bond donors (Lipinski definition) is 0. The summed E-state index contributed by atoms with van der Waals surface area (Å²) < 4.78 is 19.8. The Bertz CT molecular complexity index is 1170. The molecule has 0 amide bonds. The highest BCUT2D eigenvalue weighted by molar-refractivity contribution is 6.92. The second-order valence-corrected chi connectivity index (χ2v) is 12.9. The van der Waals surface area contributed by atoms with Crippen LogP contribution in [0.4, 0.5) is 0 Å². The van der Waals surface area contributed by atoms with Crippen molar-refractivity contribution in [2.45, 2.75) is 20.5 Å². The summed E-state index contributed by atoms with van der Waals surface area (Å²) in [5.74, 6) is 0. The summed E-state index contributed by atoms with van der Waals surface area (Å²) in [6, 6.07) is 41.3. The van der Waals surface area contributed by atoms with Crippen LogP contribution in [0.25, 0.3) is 6.08 Å². The Morgan fingerprint density at radius 3 is 1.70 bits per heavy atom. The van der Waals surface area contributed by atoms with E-state index in [0.717, 1.165) is 15.9 Å². The Morgan fingerprint density at radius 1 is 0.622 bits per heavy atom. The molecule has 0 fully saturated rings. The maximum Gasteiger partial charge on any atom is 0.407 e. The first kappa shape index (κ1) is 26.8. The van der Waals surface area contributed by atoms with Gasteiger partial charge in [-0.2, -0.15) is 0 Å². The summed E-state index contributed by atoms with van der Waals surface area (Å²) in [7, 11) is -3.01. The third kappa shape index (κ3) is 7.85. The third-order valence-electron chi connectivity index (χ3n) is 6.07. The molecule has 0 aliphatic heterocycles. The van der Waals surface area contributed by atoms with Crippen LogP contribution in [0.15, 0.2) is 127 Å². The minimum atomic E-state index is -3.01. The second-order valence-electron chi connectivity index (χ2n) is 9.90. The average molecular weight is 509 g/mol. The standard InChI is InChI=1S/C33H36O3Si/c1-33(2,27-34-26-30-18-9-4-10-19-30)28-36-37(31-21-11-5-12-22-31,32-23-13-6-14-24-32)35-25-15-20-29-16-7-3-8-17-29/h3-24H,25-28H2,1-2H3/b20-15+. The molecule has 4 aromatic carbocycles. The summed E-state index contributed by atoms with van der Waals surface area (Å²) >= 11 is 0. The first-order valence-corrected chi connectivity index (χ1v) is 14.6. The Balaban J connectivity index is 1.53. The zero-order valence-corrected chi connectivity index (χ0v) is 22.8. The van der Waals surface area contributed by atoms with Crippen molar-refractivity contribution in [1.29, 1.82) is 0 Å². The lowest BCUT2D eigenvalue weighted by Crippen LogP contribution is -2.64. The van der Waals surface area contributed by atoms with Crippen molar-refractivity contribution in [1.82, 2.24) is 0 Å². The molecule has 4 aromatic rings. The molecule has 0 radical (unpaired) electrons. The lowest BCUT2D eigenvalue weighted by Gasteiger charge is -2.35. The third-order valence-corrected chi connectivity index (χ3v) is 9.38. The van der Waals surface area contributed by atoms with Crippen LogP contribution in [0.5, 0.6) is 0 Å². The Hall–Kier alpha value is -3.28. The van der Waals surface area contributed by atoms with Gasteiger partial charge in [-0.15, -0.1) is 0 Å². The summed E-state index contributed by atoms with van der Waals surface area (Å²) in [4.78, 5) is 0. The highest BCUT2D eigenvalue weighted by Crippen LogP contribution is 2.21. The van der Waals surface area contributed by atoms with E-state index in [1.54, 1.807) is 0 Å². The molecule has 0 unspecified atom stereocenters. The fourth-order valence-corrected chi connectivity index (χ4v) is 7.40. The van der Waals surface area contributed by atoms with Crippen molar-refractivity contribution >= 4 is 25.0 Å². The maximum absolute atomic E-state index is 6.92. The van der Waals surface area contributed by atoms with Crippen LogP contribution in [0.3, 0.4) is 0 Å². The van der Waals surface area contributed by atoms with Gasteiger partial charge in [0, 0.05) is 12.0 Å². The van der Waals surface area contributed by atoms with Crippen molar-refractivity contribution in [3.05, 3.63) is 139 Å². The first-order valence-electron chi connectivity index (χ1n) is 12.8. The van der Waals surface area contributed by atoms with E-state index in [-0.39, 0.29) is 5.41 Å². The molecule has 4 rings (SSSR count). The minimum Gasteiger partial charge on any atom is -0.387 e. The second kappa shape index (κ2) is 13.3. The largest absolute Gasteiger partial charge is 0.407 e. The van der Waals surface area contributed by atoms with Gasteiger partial charge in [-0.05, 0) is 21.5 Å². The molecule has 37 heavy (non-hydrogen) atoms. The van der Waals surface area contributed by atoms with E-state index in [4.69, 9.17) is 13.6 Å². The van der Waals surface area contributed by atoms with Crippen LogP contribution < -0.4 is 10.4 Å². The molecule has 0 aromatic heterocycles. The van der Waals surface area contributed by atoms with E-state index < -0.39 is 8.56 Å². The van der Waals surface area contributed by atoms with Crippen LogP contribution in [0.2, 0.25) is 0 Å². The van der Waals surface area contributed by atoms with Gasteiger partial charge in [0.05, 0.1) is 19.8 Å². The van der Waals surface area contributed by atoms with Gasteiger partial charge in [-0.25, -0.2) is 0 Å². The molecule has 0 spiro atoms. The fourth-order valence-electron chi connectivity index (χ4n) is 4.13. The lowest BCUT2D eigenvalue weighted by molar-refractivity contribution is 0.0185. The van der Waals surface area contributed by atoms with Gasteiger partial charge < -0.3 is 13.6 Å².